The molecule has 2 amide bonds. The molecule has 1 aliphatic carbocycles. The summed E-state index contributed by atoms with van der Waals surface area (Å²) in [6.07, 6.45) is 5.41. The number of ether oxygens (including phenoxy) is 1. The normalized spacial score (nSPS) is 23.9. The van der Waals surface area contributed by atoms with Crippen molar-refractivity contribution in [2.24, 2.45) is 5.92 Å². The molecule has 1 aromatic carbocycles. The summed E-state index contributed by atoms with van der Waals surface area (Å²) >= 11 is 0. The van der Waals surface area contributed by atoms with E-state index in [0.29, 0.717) is 19.0 Å². The third-order valence-electron chi connectivity index (χ3n) is 5.93. The van der Waals surface area contributed by atoms with E-state index in [-0.39, 0.29) is 18.2 Å². The number of likely N-dealkylation sites (tertiary alicyclic amines) is 1. The topological polar surface area (TPSA) is 74.9 Å². The maximum Gasteiger partial charge on any atom is 0.317 e. The number of para-hydroxylation sites is 1. The van der Waals surface area contributed by atoms with Gasteiger partial charge in [0.05, 0.1) is 25.0 Å². The highest BCUT2D eigenvalue weighted by Gasteiger charge is 2.36. The van der Waals surface area contributed by atoms with Crippen LogP contribution in [0.25, 0.3) is 11.0 Å². The van der Waals surface area contributed by atoms with Crippen molar-refractivity contribution in [3.05, 3.63) is 30.5 Å². The van der Waals surface area contributed by atoms with E-state index in [2.05, 4.69) is 5.32 Å². The Balaban J connectivity index is 1.23. The van der Waals surface area contributed by atoms with E-state index in [1.54, 1.807) is 11.2 Å². The van der Waals surface area contributed by atoms with Gasteiger partial charge in [-0.05, 0) is 57.6 Å². The molecule has 1 aliphatic heterocycles. The van der Waals surface area contributed by atoms with Crippen molar-refractivity contribution in [2.75, 3.05) is 13.1 Å². The summed E-state index contributed by atoms with van der Waals surface area (Å²) in [4.78, 5) is 14.2. The zero-order valence-corrected chi connectivity index (χ0v) is 16.0. The molecule has 2 aromatic rings. The smallest absolute Gasteiger partial charge is 0.317 e. The molecule has 146 valence electrons. The highest BCUT2D eigenvalue weighted by molar-refractivity contribution is 5.83. The predicted molar refractivity (Wildman–Crippen MR) is 103 cm³/mol. The minimum absolute atomic E-state index is 0.00243. The number of hydrogen-bond acceptors (Lipinski definition) is 4. The molecule has 6 nitrogen and oxygen atoms in total. The highest BCUT2D eigenvalue weighted by Crippen LogP contribution is 2.33. The molecule has 0 unspecified atom stereocenters. The number of nitrogens with one attached hydrogen (secondary N) is 1. The molecule has 2 fully saturated rings. The number of fused-ring (bicyclic) bond motifs is 1. The van der Waals surface area contributed by atoms with Gasteiger partial charge >= 0.3 is 6.03 Å². The highest BCUT2D eigenvalue weighted by atomic mass is 16.5. The van der Waals surface area contributed by atoms with Crippen molar-refractivity contribution in [1.82, 2.24) is 10.2 Å². The Hall–Kier alpha value is -2.21. The van der Waals surface area contributed by atoms with Gasteiger partial charge in [0.25, 0.3) is 0 Å². The van der Waals surface area contributed by atoms with Crippen LogP contribution in [0.4, 0.5) is 4.79 Å². The molecule has 2 N–H and O–H groups in total. The maximum atomic E-state index is 12.4. The standard InChI is InChI=1S/C21H28N2O4/c1-21(2,25)15-6-8-16(9-7-15)22-20(24)23-12-17(13-23)27-18-5-3-4-14-10-11-26-19(14)18/h3-5,10-11,15-17,25H,6-9,12-13H2,1-2H3,(H,22,24). The van der Waals surface area contributed by atoms with Crippen LogP contribution in [0.15, 0.2) is 34.9 Å². The predicted octanol–water partition coefficient (Wildman–Crippen LogP) is 3.54. The molecule has 1 aromatic heterocycles. The van der Waals surface area contributed by atoms with Gasteiger partial charge in [-0.2, -0.15) is 0 Å². The van der Waals surface area contributed by atoms with Gasteiger partial charge in [0.15, 0.2) is 11.3 Å². The fourth-order valence-corrected chi connectivity index (χ4v) is 4.13. The van der Waals surface area contributed by atoms with Crippen molar-refractivity contribution < 1.29 is 19.1 Å². The Labute approximate surface area is 159 Å². The Morgan fingerprint density at radius 3 is 2.67 bits per heavy atom. The van der Waals surface area contributed by atoms with Crippen molar-refractivity contribution in [2.45, 2.75) is 57.3 Å². The Morgan fingerprint density at radius 2 is 1.96 bits per heavy atom. The summed E-state index contributed by atoms with van der Waals surface area (Å²) in [5.74, 6) is 1.05. The SMILES string of the molecule is CC(C)(O)C1CCC(NC(=O)N2CC(Oc3cccc4ccoc34)C2)CC1. The average molecular weight is 372 g/mol. The van der Waals surface area contributed by atoms with Gasteiger partial charge < -0.3 is 24.5 Å². The molecule has 1 saturated carbocycles. The number of aliphatic hydroxyl groups is 1. The monoisotopic (exact) mass is 372 g/mol. The number of rotatable bonds is 4. The van der Waals surface area contributed by atoms with Crippen molar-refractivity contribution >= 4 is 17.0 Å². The molecular formula is C21H28N2O4. The molecule has 4 rings (SSSR count). The summed E-state index contributed by atoms with van der Waals surface area (Å²) < 4.78 is 11.5. The summed E-state index contributed by atoms with van der Waals surface area (Å²) in [5, 5.41) is 14.3. The van der Waals surface area contributed by atoms with Crippen LogP contribution < -0.4 is 10.1 Å². The van der Waals surface area contributed by atoms with Gasteiger partial charge in [-0.3, -0.25) is 0 Å². The minimum atomic E-state index is -0.631. The van der Waals surface area contributed by atoms with Crippen LogP contribution in [0.2, 0.25) is 0 Å². The lowest BCUT2D eigenvalue weighted by molar-refractivity contribution is -0.00326. The van der Waals surface area contributed by atoms with Gasteiger partial charge in [0.2, 0.25) is 0 Å². The van der Waals surface area contributed by atoms with Crippen LogP contribution in [0.3, 0.4) is 0 Å². The van der Waals surface area contributed by atoms with Crippen LogP contribution in [-0.4, -0.2) is 46.9 Å². The van der Waals surface area contributed by atoms with E-state index in [0.717, 1.165) is 42.4 Å². The molecule has 2 aliphatic rings. The fourth-order valence-electron chi connectivity index (χ4n) is 4.13. The van der Waals surface area contributed by atoms with Crippen molar-refractivity contribution in [3.63, 3.8) is 0 Å². The van der Waals surface area contributed by atoms with Crippen LogP contribution in [0.5, 0.6) is 5.75 Å². The lowest BCUT2D eigenvalue weighted by Gasteiger charge is -2.41. The number of urea groups is 1. The van der Waals surface area contributed by atoms with Crippen LogP contribution in [-0.2, 0) is 0 Å². The molecule has 0 atom stereocenters. The third kappa shape index (κ3) is 3.90. The van der Waals surface area contributed by atoms with Crippen molar-refractivity contribution in [3.8, 4) is 5.75 Å². The largest absolute Gasteiger partial charge is 0.483 e. The molecular weight excluding hydrogens is 344 g/mol. The fraction of sp³-hybridized carbons (Fsp3) is 0.571. The van der Waals surface area contributed by atoms with E-state index < -0.39 is 5.60 Å². The summed E-state index contributed by atoms with van der Waals surface area (Å²) in [7, 11) is 0. The Bertz CT molecular complexity index is 796. The number of nitrogens with zero attached hydrogens (tertiary/aromatic N) is 1. The lowest BCUT2D eigenvalue weighted by Crippen LogP contribution is -2.60. The van der Waals surface area contributed by atoms with E-state index in [9.17, 15) is 9.90 Å². The number of carbonyl (C=O) groups is 1. The van der Waals surface area contributed by atoms with Crippen molar-refractivity contribution in [1.29, 1.82) is 0 Å². The summed E-state index contributed by atoms with van der Waals surface area (Å²) in [6.45, 7) is 4.92. The first-order chi connectivity index (χ1) is 12.9. The number of carbonyl (C=O) groups excluding carboxylic acids is 1. The molecule has 27 heavy (non-hydrogen) atoms. The van der Waals surface area contributed by atoms with Crippen LogP contribution in [0.1, 0.15) is 39.5 Å². The maximum absolute atomic E-state index is 12.4. The number of hydrogen-bond donors (Lipinski definition) is 2. The number of amides is 2. The first kappa shape index (κ1) is 18.2. The van der Waals surface area contributed by atoms with E-state index in [1.807, 2.05) is 38.1 Å². The summed E-state index contributed by atoms with van der Waals surface area (Å²) in [5.41, 5.74) is 0.123. The first-order valence-corrected chi connectivity index (χ1v) is 9.81. The first-order valence-electron chi connectivity index (χ1n) is 9.81. The van der Waals surface area contributed by atoms with Crippen LogP contribution >= 0.6 is 0 Å². The number of furan rings is 1. The van der Waals surface area contributed by atoms with E-state index >= 15 is 0 Å². The third-order valence-corrected chi connectivity index (χ3v) is 5.93. The second-order valence-electron chi connectivity index (χ2n) is 8.39. The van der Waals surface area contributed by atoms with Gasteiger partial charge in [0.1, 0.15) is 6.10 Å². The zero-order valence-electron chi connectivity index (χ0n) is 16.0. The Kier molecular flexibility index (Phi) is 4.76. The van der Waals surface area contributed by atoms with E-state index in [1.165, 1.54) is 0 Å². The van der Waals surface area contributed by atoms with Gasteiger partial charge in [-0.1, -0.05) is 12.1 Å². The van der Waals surface area contributed by atoms with Gasteiger partial charge in [0, 0.05) is 11.4 Å². The molecule has 0 spiro atoms. The summed E-state index contributed by atoms with van der Waals surface area (Å²) in [6, 6.07) is 7.93. The average Bonchev–Trinajstić information content (AvgIpc) is 3.06. The molecule has 0 bridgehead atoms. The molecule has 0 radical (unpaired) electrons. The zero-order chi connectivity index (χ0) is 19.0. The molecule has 2 heterocycles. The second-order valence-corrected chi connectivity index (χ2v) is 8.39. The number of benzene rings is 1. The Morgan fingerprint density at radius 1 is 1.22 bits per heavy atom. The van der Waals surface area contributed by atoms with Crippen LogP contribution in [0, 0.1) is 5.92 Å². The minimum Gasteiger partial charge on any atom is -0.483 e. The second kappa shape index (κ2) is 7.08. The van der Waals surface area contributed by atoms with Gasteiger partial charge in [-0.25, -0.2) is 4.79 Å². The van der Waals surface area contributed by atoms with Gasteiger partial charge in [-0.15, -0.1) is 0 Å². The lowest BCUT2D eigenvalue weighted by atomic mass is 9.77. The van der Waals surface area contributed by atoms with E-state index in [4.69, 9.17) is 9.15 Å². The molecule has 6 heteroatoms. The molecule has 1 saturated heterocycles. The quantitative estimate of drug-likeness (QED) is 0.861.